The van der Waals surface area contributed by atoms with Gasteiger partial charge in [0.05, 0.1) is 36.6 Å². The van der Waals surface area contributed by atoms with Crippen LogP contribution in [0.1, 0.15) is 42.2 Å². The first-order valence-corrected chi connectivity index (χ1v) is 15.8. The molecule has 0 spiro atoms. The van der Waals surface area contributed by atoms with E-state index in [0.717, 1.165) is 38.9 Å². The second-order valence-corrected chi connectivity index (χ2v) is 11.5. The molecule has 0 radical (unpaired) electrons. The van der Waals surface area contributed by atoms with Crippen molar-refractivity contribution >= 4 is 29.2 Å². The number of benzene rings is 5. The molecule has 0 aliphatic rings. The molecule has 0 aliphatic heterocycles. The number of aromatic nitrogens is 1. The van der Waals surface area contributed by atoms with E-state index in [2.05, 4.69) is 15.0 Å². The van der Waals surface area contributed by atoms with Crippen molar-refractivity contribution in [2.24, 2.45) is 0 Å². The summed E-state index contributed by atoms with van der Waals surface area (Å²) >= 11 is 0. The van der Waals surface area contributed by atoms with Gasteiger partial charge in [-0.2, -0.15) is 0 Å². The van der Waals surface area contributed by atoms with Crippen molar-refractivity contribution < 1.29 is 23.9 Å². The van der Waals surface area contributed by atoms with Crippen molar-refractivity contribution in [1.29, 1.82) is 0 Å². The fourth-order valence-electron chi connectivity index (χ4n) is 5.47. The third-order valence-electron chi connectivity index (χ3n) is 8.15. The summed E-state index contributed by atoms with van der Waals surface area (Å²) in [5, 5.41) is 2.87. The molecule has 6 rings (SSSR count). The molecule has 3 N–H and O–H groups in total. The first-order valence-electron chi connectivity index (χ1n) is 15.8. The van der Waals surface area contributed by atoms with Gasteiger partial charge in [0.25, 0.3) is 5.91 Å². The van der Waals surface area contributed by atoms with E-state index in [4.69, 9.17) is 10.5 Å². The number of nitrogens with zero attached hydrogens (tertiary/aromatic N) is 1. The number of nitrogen functional groups attached to an aromatic ring is 1. The maximum Gasteiger partial charge on any atom is 0.339 e. The lowest BCUT2D eigenvalue weighted by molar-refractivity contribution is 0.0593. The molecule has 0 fully saturated rings. The van der Waals surface area contributed by atoms with E-state index in [1.807, 2.05) is 105 Å². The topological polar surface area (TPSA) is 121 Å². The van der Waals surface area contributed by atoms with Crippen LogP contribution >= 0.6 is 0 Å². The number of nitrogens with one attached hydrogen (secondary N) is 1. The molecule has 250 valence electrons. The predicted octanol–water partition coefficient (Wildman–Crippen LogP) is 8.79. The molecule has 1 amide bonds. The standard InChI is InChI=1S/C27H22N2O3.C15H15NO2/c1-18-8-6-7-11-23(18)20-12-13-24(27(31)32-2)25(15-20)29-26(30)22-14-21(16-28-17-22)19-9-4-3-5-10-19;1-10-5-3-4-6-12(10)11-7-8-13(14(16)9-11)15(17)18-2/h3-17H,1-2H3,(H,29,30);3-9H,16H2,1-2H3. The summed E-state index contributed by atoms with van der Waals surface area (Å²) in [4.78, 5) is 41.1. The van der Waals surface area contributed by atoms with E-state index in [9.17, 15) is 14.4 Å². The molecule has 0 unspecified atom stereocenters. The van der Waals surface area contributed by atoms with Crippen LogP contribution in [0.15, 0.2) is 134 Å². The molecule has 0 aliphatic carbocycles. The Morgan fingerprint density at radius 1 is 0.580 bits per heavy atom. The quantitative estimate of drug-likeness (QED) is 0.129. The van der Waals surface area contributed by atoms with Gasteiger partial charge < -0.3 is 20.5 Å². The van der Waals surface area contributed by atoms with Crippen LogP contribution < -0.4 is 11.1 Å². The van der Waals surface area contributed by atoms with Gasteiger partial charge in [-0.25, -0.2) is 9.59 Å². The van der Waals surface area contributed by atoms with Gasteiger partial charge in [0.15, 0.2) is 0 Å². The Morgan fingerprint density at radius 3 is 1.70 bits per heavy atom. The lowest BCUT2D eigenvalue weighted by atomic mass is 9.98. The number of hydrogen-bond donors (Lipinski definition) is 2. The lowest BCUT2D eigenvalue weighted by Gasteiger charge is -2.13. The highest BCUT2D eigenvalue weighted by atomic mass is 16.5. The smallest absolute Gasteiger partial charge is 0.339 e. The van der Waals surface area contributed by atoms with Crippen molar-refractivity contribution in [3.63, 3.8) is 0 Å². The highest BCUT2D eigenvalue weighted by Crippen LogP contribution is 2.30. The van der Waals surface area contributed by atoms with Gasteiger partial charge in [0, 0.05) is 23.6 Å². The minimum Gasteiger partial charge on any atom is -0.465 e. The van der Waals surface area contributed by atoms with Crippen molar-refractivity contribution in [3.05, 3.63) is 162 Å². The van der Waals surface area contributed by atoms with Gasteiger partial charge >= 0.3 is 11.9 Å². The molecule has 1 aromatic heterocycles. The molecular weight excluding hydrogens is 626 g/mol. The number of pyridine rings is 1. The van der Waals surface area contributed by atoms with Crippen molar-refractivity contribution in [3.8, 4) is 33.4 Å². The predicted molar refractivity (Wildman–Crippen MR) is 198 cm³/mol. The molecule has 8 nitrogen and oxygen atoms in total. The van der Waals surface area contributed by atoms with Crippen LogP contribution in [-0.4, -0.2) is 37.0 Å². The van der Waals surface area contributed by atoms with E-state index >= 15 is 0 Å². The number of aryl methyl sites for hydroxylation is 2. The maximum atomic E-state index is 13.1. The first kappa shape index (κ1) is 34.8. The zero-order valence-corrected chi connectivity index (χ0v) is 28.3. The Bertz CT molecular complexity index is 2160. The average Bonchev–Trinajstić information content (AvgIpc) is 3.15. The zero-order chi connectivity index (χ0) is 35.6. The molecule has 8 heteroatoms. The molecule has 0 saturated carbocycles. The number of rotatable bonds is 7. The summed E-state index contributed by atoms with van der Waals surface area (Å²) in [5.41, 5.74) is 15.9. The molecule has 0 atom stereocenters. The fourth-order valence-corrected chi connectivity index (χ4v) is 5.47. The first-order chi connectivity index (χ1) is 24.2. The highest BCUT2D eigenvalue weighted by molar-refractivity contribution is 6.09. The molecule has 0 bridgehead atoms. The number of ether oxygens (including phenoxy) is 2. The van der Waals surface area contributed by atoms with Crippen molar-refractivity contribution in [2.75, 3.05) is 25.3 Å². The lowest BCUT2D eigenvalue weighted by Crippen LogP contribution is -2.16. The summed E-state index contributed by atoms with van der Waals surface area (Å²) in [6, 6.07) is 38.2. The maximum absolute atomic E-state index is 13.1. The fraction of sp³-hybridized carbons (Fsp3) is 0.0952. The normalized spacial score (nSPS) is 10.3. The zero-order valence-electron chi connectivity index (χ0n) is 28.3. The Balaban J connectivity index is 0.000000228. The van der Waals surface area contributed by atoms with Crippen LogP contribution in [0.3, 0.4) is 0 Å². The SMILES string of the molecule is COC(=O)c1ccc(-c2ccccc2C)cc1N.COC(=O)c1ccc(-c2ccccc2C)cc1NC(=O)c1cncc(-c2ccccc2)c1. The number of anilines is 2. The summed E-state index contributed by atoms with van der Waals surface area (Å²) in [5.74, 6) is -1.29. The van der Waals surface area contributed by atoms with Crippen molar-refractivity contribution in [1.82, 2.24) is 4.98 Å². The molecule has 6 aromatic rings. The monoisotopic (exact) mass is 663 g/mol. The Labute approximate surface area is 291 Å². The molecule has 0 saturated heterocycles. The van der Waals surface area contributed by atoms with Crippen LogP contribution in [0.25, 0.3) is 33.4 Å². The largest absolute Gasteiger partial charge is 0.465 e. The number of esters is 2. The van der Waals surface area contributed by atoms with E-state index in [-0.39, 0.29) is 11.5 Å². The van der Waals surface area contributed by atoms with Gasteiger partial charge in [-0.15, -0.1) is 0 Å². The summed E-state index contributed by atoms with van der Waals surface area (Å²) in [6.07, 6.45) is 3.22. The Kier molecular flexibility index (Phi) is 11.2. The van der Waals surface area contributed by atoms with Gasteiger partial charge in [0.1, 0.15) is 0 Å². The van der Waals surface area contributed by atoms with Gasteiger partial charge in [-0.3, -0.25) is 9.78 Å². The molecular formula is C42H37N3O5. The van der Waals surface area contributed by atoms with E-state index in [1.54, 1.807) is 36.5 Å². The summed E-state index contributed by atoms with van der Waals surface area (Å²) < 4.78 is 9.58. The van der Waals surface area contributed by atoms with Crippen LogP contribution in [-0.2, 0) is 9.47 Å². The van der Waals surface area contributed by atoms with Crippen LogP contribution in [0.2, 0.25) is 0 Å². The summed E-state index contributed by atoms with van der Waals surface area (Å²) in [6.45, 7) is 4.06. The number of carbonyl (C=O) groups excluding carboxylic acids is 3. The minimum atomic E-state index is -0.521. The second kappa shape index (κ2) is 16.0. The van der Waals surface area contributed by atoms with Gasteiger partial charge in [-0.1, -0.05) is 91.0 Å². The number of carbonyl (C=O) groups is 3. The van der Waals surface area contributed by atoms with Crippen LogP contribution in [0, 0.1) is 13.8 Å². The van der Waals surface area contributed by atoms with Crippen molar-refractivity contribution in [2.45, 2.75) is 13.8 Å². The second-order valence-electron chi connectivity index (χ2n) is 11.5. The third-order valence-corrected chi connectivity index (χ3v) is 8.15. The van der Waals surface area contributed by atoms with E-state index < -0.39 is 11.9 Å². The molecule has 50 heavy (non-hydrogen) atoms. The Morgan fingerprint density at radius 2 is 1.12 bits per heavy atom. The van der Waals surface area contributed by atoms with Gasteiger partial charge in [-0.05, 0) is 83.1 Å². The van der Waals surface area contributed by atoms with Crippen LogP contribution in [0.4, 0.5) is 11.4 Å². The minimum absolute atomic E-state index is 0.283. The highest BCUT2D eigenvalue weighted by Gasteiger charge is 2.17. The average molecular weight is 664 g/mol. The number of hydrogen-bond acceptors (Lipinski definition) is 7. The van der Waals surface area contributed by atoms with E-state index in [1.165, 1.54) is 26.0 Å². The molecule has 1 heterocycles. The summed E-state index contributed by atoms with van der Waals surface area (Å²) in [7, 11) is 2.66. The molecule has 5 aromatic carbocycles. The van der Waals surface area contributed by atoms with Crippen LogP contribution in [0.5, 0.6) is 0 Å². The van der Waals surface area contributed by atoms with E-state index in [0.29, 0.717) is 22.5 Å². The third kappa shape index (κ3) is 8.11. The number of methoxy groups -OCH3 is 2. The van der Waals surface area contributed by atoms with Gasteiger partial charge in [0.2, 0.25) is 0 Å². The number of nitrogens with two attached hydrogens (primary N) is 1. The Hall–Kier alpha value is -6.54. The number of amides is 1.